The van der Waals surface area contributed by atoms with Gasteiger partial charge in [-0.25, -0.2) is 0 Å². The minimum Gasteiger partial charge on any atom is -0.357 e. The molecule has 1 atom stereocenters. The van der Waals surface area contributed by atoms with Crippen molar-refractivity contribution in [3.63, 3.8) is 0 Å². The summed E-state index contributed by atoms with van der Waals surface area (Å²) in [7, 11) is 0. The predicted molar refractivity (Wildman–Crippen MR) is 90.8 cm³/mol. The molecule has 108 valence electrons. The van der Waals surface area contributed by atoms with Crippen LogP contribution in [0.1, 0.15) is 11.6 Å². The maximum atomic E-state index is 4.71. The van der Waals surface area contributed by atoms with E-state index in [4.69, 9.17) is 4.99 Å². The Morgan fingerprint density at radius 3 is 2.80 bits per heavy atom. The molecule has 1 aromatic carbocycles. The lowest BCUT2D eigenvalue weighted by atomic mass is 10.1. The zero-order chi connectivity index (χ0) is 13.6. The van der Waals surface area contributed by atoms with Crippen molar-refractivity contribution in [2.75, 3.05) is 43.4 Å². The molecular formula is C15H21N3S2. The van der Waals surface area contributed by atoms with Crippen LogP contribution in [0.15, 0.2) is 35.3 Å². The number of nitrogens with zero attached hydrogens (tertiary/aromatic N) is 2. The smallest absolute Gasteiger partial charge is 0.157 e. The summed E-state index contributed by atoms with van der Waals surface area (Å²) in [5.41, 5.74) is 1.36. The van der Waals surface area contributed by atoms with Crippen LogP contribution in [0.25, 0.3) is 0 Å². The molecule has 0 spiro atoms. The van der Waals surface area contributed by atoms with Crippen molar-refractivity contribution in [2.24, 2.45) is 4.99 Å². The minimum atomic E-state index is 0.423. The van der Waals surface area contributed by atoms with Crippen LogP contribution < -0.4 is 5.32 Å². The monoisotopic (exact) mass is 307 g/mol. The SMILES string of the molecule is c1ccc(C2CSC(=NCCN3CCSCC3)N2)cc1. The lowest BCUT2D eigenvalue weighted by Crippen LogP contribution is -2.34. The van der Waals surface area contributed by atoms with E-state index in [2.05, 4.69) is 52.3 Å². The summed E-state index contributed by atoms with van der Waals surface area (Å²) in [6, 6.07) is 11.1. The molecule has 2 aliphatic heterocycles. The first-order valence-electron chi connectivity index (χ1n) is 7.20. The number of rotatable bonds is 4. The molecule has 2 aliphatic rings. The van der Waals surface area contributed by atoms with Crippen molar-refractivity contribution in [3.05, 3.63) is 35.9 Å². The molecule has 1 N–H and O–H groups in total. The van der Waals surface area contributed by atoms with E-state index in [-0.39, 0.29) is 0 Å². The Hall–Kier alpha value is -0.650. The molecule has 0 saturated carbocycles. The highest BCUT2D eigenvalue weighted by Crippen LogP contribution is 2.25. The lowest BCUT2D eigenvalue weighted by molar-refractivity contribution is 0.311. The van der Waals surface area contributed by atoms with E-state index in [1.807, 2.05) is 11.8 Å². The Kier molecular flexibility index (Phi) is 5.28. The van der Waals surface area contributed by atoms with Crippen LogP contribution in [-0.4, -0.2) is 53.5 Å². The van der Waals surface area contributed by atoms with Crippen LogP contribution in [0.3, 0.4) is 0 Å². The largest absolute Gasteiger partial charge is 0.357 e. The highest BCUT2D eigenvalue weighted by atomic mass is 32.2. The third-order valence-electron chi connectivity index (χ3n) is 3.66. The molecule has 0 bridgehead atoms. The van der Waals surface area contributed by atoms with Crippen molar-refractivity contribution in [3.8, 4) is 0 Å². The van der Waals surface area contributed by atoms with E-state index in [1.54, 1.807) is 0 Å². The minimum absolute atomic E-state index is 0.423. The number of benzene rings is 1. The second-order valence-corrected chi connectivity index (χ2v) is 7.29. The molecule has 0 amide bonds. The normalized spacial score (nSPS) is 25.8. The van der Waals surface area contributed by atoms with Crippen LogP contribution in [0.4, 0.5) is 0 Å². The van der Waals surface area contributed by atoms with Crippen molar-refractivity contribution in [1.82, 2.24) is 10.2 Å². The second-order valence-electron chi connectivity index (χ2n) is 5.06. The number of thioether (sulfide) groups is 2. The number of hydrogen-bond acceptors (Lipinski definition) is 4. The van der Waals surface area contributed by atoms with Crippen molar-refractivity contribution < 1.29 is 0 Å². The Balaban J connectivity index is 1.46. The second kappa shape index (κ2) is 7.38. The van der Waals surface area contributed by atoms with Crippen LogP contribution in [0.2, 0.25) is 0 Å². The van der Waals surface area contributed by atoms with E-state index in [1.165, 1.54) is 30.2 Å². The summed E-state index contributed by atoms with van der Waals surface area (Å²) >= 11 is 3.91. The fourth-order valence-electron chi connectivity index (χ4n) is 2.47. The van der Waals surface area contributed by atoms with Gasteiger partial charge in [-0.05, 0) is 5.56 Å². The average molecular weight is 307 g/mol. The first kappa shape index (κ1) is 14.3. The first-order chi connectivity index (χ1) is 9.92. The van der Waals surface area contributed by atoms with E-state index in [0.29, 0.717) is 6.04 Å². The third kappa shape index (κ3) is 3.93. The number of amidine groups is 1. The highest BCUT2D eigenvalue weighted by Gasteiger charge is 2.21. The average Bonchev–Trinajstić information content (AvgIpc) is 2.98. The predicted octanol–water partition coefficient (Wildman–Crippen LogP) is 2.47. The van der Waals surface area contributed by atoms with Crippen LogP contribution in [0, 0.1) is 0 Å². The van der Waals surface area contributed by atoms with Gasteiger partial charge in [0.05, 0.1) is 12.6 Å². The summed E-state index contributed by atoms with van der Waals surface area (Å²) in [4.78, 5) is 7.24. The van der Waals surface area contributed by atoms with Gasteiger partial charge in [-0.3, -0.25) is 9.89 Å². The van der Waals surface area contributed by atoms with Gasteiger partial charge in [-0.15, -0.1) is 0 Å². The Labute approximate surface area is 129 Å². The van der Waals surface area contributed by atoms with E-state index < -0.39 is 0 Å². The summed E-state index contributed by atoms with van der Waals surface area (Å²) in [6.45, 7) is 4.47. The van der Waals surface area contributed by atoms with E-state index in [9.17, 15) is 0 Å². The molecule has 2 saturated heterocycles. The zero-order valence-electron chi connectivity index (χ0n) is 11.6. The van der Waals surface area contributed by atoms with Crippen LogP contribution in [-0.2, 0) is 0 Å². The molecule has 2 heterocycles. The molecule has 5 heteroatoms. The summed E-state index contributed by atoms with van der Waals surface area (Å²) in [5.74, 6) is 3.64. The zero-order valence-corrected chi connectivity index (χ0v) is 13.3. The lowest BCUT2D eigenvalue weighted by Gasteiger charge is -2.25. The number of hydrogen-bond donors (Lipinski definition) is 1. The summed E-state index contributed by atoms with van der Waals surface area (Å²) in [6.07, 6.45) is 0. The van der Waals surface area contributed by atoms with Crippen LogP contribution in [0.5, 0.6) is 0 Å². The standard InChI is InChI=1S/C15H21N3S2/c1-2-4-13(5-3-1)14-12-20-15(17-14)16-6-7-18-8-10-19-11-9-18/h1-5,14H,6-12H2,(H,16,17). The Morgan fingerprint density at radius 1 is 1.20 bits per heavy atom. The molecule has 0 aliphatic carbocycles. The van der Waals surface area contributed by atoms with Crippen molar-refractivity contribution >= 4 is 28.7 Å². The number of nitrogens with one attached hydrogen (secondary N) is 1. The molecule has 1 aromatic rings. The van der Waals surface area contributed by atoms with E-state index >= 15 is 0 Å². The summed E-state index contributed by atoms with van der Waals surface area (Å²) < 4.78 is 0. The van der Waals surface area contributed by atoms with Crippen molar-refractivity contribution in [1.29, 1.82) is 0 Å². The molecular weight excluding hydrogens is 286 g/mol. The molecule has 2 fully saturated rings. The molecule has 0 aromatic heterocycles. The maximum Gasteiger partial charge on any atom is 0.157 e. The molecule has 1 unspecified atom stereocenters. The van der Waals surface area contributed by atoms with Gasteiger partial charge in [0.25, 0.3) is 0 Å². The molecule has 0 radical (unpaired) electrons. The van der Waals surface area contributed by atoms with Gasteiger partial charge < -0.3 is 5.32 Å². The van der Waals surface area contributed by atoms with Gasteiger partial charge in [0, 0.05) is 36.9 Å². The Morgan fingerprint density at radius 2 is 2.00 bits per heavy atom. The van der Waals surface area contributed by atoms with Gasteiger partial charge in [0.15, 0.2) is 5.17 Å². The fourth-order valence-corrected chi connectivity index (χ4v) is 4.46. The number of aliphatic imine (C=N–C) groups is 1. The van der Waals surface area contributed by atoms with Gasteiger partial charge in [-0.1, -0.05) is 42.1 Å². The van der Waals surface area contributed by atoms with Gasteiger partial charge in [-0.2, -0.15) is 11.8 Å². The van der Waals surface area contributed by atoms with Gasteiger partial charge in [0.1, 0.15) is 0 Å². The van der Waals surface area contributed by atoms with E-state index in [0.717, 1.165) is 24.0 Å². The topological polar surface area (TPSA) is 27.6 Å². The summed E-state index contributed by atoms with van der Waals surface area (Å²) in [5, 5.41) is 4.65. The third-order valence-corrected chi connectivity index (χ3v) is 5.62. The molecule has 3 nitrogen and oxygen atoms in total. The highest BCUT2D eigenvalue weighted by molar-refractivity contribution is 8.14. The Bertz CT molecular complexity index is 444. The molecule has 3 rings (SSSR count). The van der Waals surface area contributed by atoms with Gasteiger partial charge in [0.2, 0.25) is 0 Å². The van der Waals surface area contributed by atoms with Crippen LogP contribution >= 0.6 is 23.5 Å². The van der Waals surface area contributed by atoms with Crippen molar-refractivity contribution in [2.45, 2.75) is 6.04 Å². The first-order valence-corrected chi connectivity index (χ1v) is 9.35. The molecule has 20 heavy (non-hydrogen) atoms. The van der Waals surface area contributed by atoms with Gasteiger partial charge >= 0.3 is 0 Å². The maximum absolute atomic E-state index is 4.71. The fraction of sp³-hybridized carbons (Fsp3) is 0.533. The quantitative estimate of drug-likeness (QED) is 0.925.